The molecule has 5 aliphatic heterocycles. The fourth-order valence-electron chi connectivity index (χ4n) is 14.1. The molecule has 3 aromatic rings. The van der Waals surface area contributed by atoms with Crippen LogP contribution in [0.3, 0.4) is 0 Å². The number of likely N-dealkylation sites (tertiary alicyclic amines) is 1. The van der Waals surface area contributed by atoms with E-state index in [-0.39, 0.29) is 170 Å². The number of anilines is 2. The number of nitrogens with zero attached hydrogens (tertiary/aromatic N) is 5. The number of carbonyl (C=O) groups is 10. The molecule has 7 atom stereocenters. The van der Waals surface area contributed by atoms with Crippen LogP contribution in [0.4, 0.5) is 25.8 Å². The molecule has 554 valence electrons. The highest BCUT2D eigenvalue weighted by Gasteiger charge is 2.49. The molecule has 3 unspecified atom stereocenters. The quantitative estimate of drug-likeness (QED) is 0.0138. The Hall–Kier alpha value is -8.18. The first-order valence-corrected chi connectivity index (χ1v) is 37.8. The van der Waals surface area contributed by atoms with Gasteiger partial charge in [0.1, 0.15) is 24.7 Å². The Labute approximate surface area is 603 Å². The van der Waals surface area contributed by atoms with E-state index in [1.165, 1.54) is 46.1 Å². The van der Waals surface area contributed by atoms with E-state index in [4.69, 9.17) is 29.4 Å². The van der Waals surface area contributed by atoms with Crippen molar-refractivity contribution in [3.63, 3.8) is 0 Å². The SMILES string of the molecule is C=C1C[C@H]2C(O)N(C(=O)OCc3ccc(CC(=O)[C@H](CCCNC(N)=O)NC(=O)[C@@H](CC(=O)CCCCCN4C(=O)CC(C)C4=O)C(C)C)cc3)c3cc(OCCCCCOc4cc5c(cc4OC)C(=O)N4CC(=C)C[C@H]4C(O)N5C(=O)OCC4(SSCC)CCCC4)c(CO)cc3C(=O)N2C1. The van der Waals surface area contributed by atoms with Crippen LogP contribution in [0.2, 0.25) is 0 Å². The number of ketones is 2. The minimum Gasteiger partial charge on any atom is -0.493 e. The highest BCUT2D eigenvalue weighted by atomic mass is 33.1. The number of benzene rings is 3. The highest BCUT2D eigenvalue weighted by molar-refractivity contribution is 8.77. The summed E-state index contributed by atoms with van der Waals surface area (Å²) in [6, 6.07) is 9.20. The summed E-state index contributed by atoms with van der Waals surface area (Å²) in [6.07, 6.45) is 3.40. The third-order valence-electron chi connectivity index (χ3n) is 19.8. The number of primary amides is 1. The minimum atomic E-state index is -1.60. The van der Waals surface area contributed by atoms with Crippen LogP contribution in [0.25, 0.3) is 0 Å². The molecule has 3 aromatic carbocycles. The zero-order chi connectivity index (χ0) is 73.5. The van der Waals surface area contributed by atoms with Crippen molar-refractivity contribution in [3.8, 4) is 17.2 Å². The van der Waals surface area contributed by atoms with Crippen molar-refractivity contribution < 1.29 is 86.9 Å². The van der Waals surface area contributed by atoms with Crippen molar-refractivity contribution in [1.82, 2.24) is 25.3 Å². The Morgan fingerprint density at radius 3 is 1.91 bits per heavy atom. The molecule has 9 amide bonds. The van der Waals surface area contributed by atoms with Crippen LogP contribution in [0, 0.1) is 17.8 Å². The number of aliphatic hydroxyl groups is 3. The lowest BCUT2D eigenvalue weighted by atomic mass is 9.88. The average molecular weight is 1450 g/mol. The zero-order valence-corrected chi connectivity index (χ0v) is 60.7. The molecule has 0 aromatic heterocycles. The molecule has 0 radical (unpaired) electrons. The number of amides is 9. The van der Waals surface area contributed by atoms with E-state index in [1.807, 2.05) is 13.8 Å². The second kappa shape index (κ2) is 35.8. The number of nitrogens with two attached hydrogens (primary N) is 1. The molecule has 6 aliphatic rings. The van der Waals surface area contributed by atoms with Crippen molar-refractivity contribution in [1.29, 1.82) is 0 Å². The number of aliphatic hydroxyl groups excluding tert-OH is 3. The van der Waals surface area contributed by atoms with Crippen LogP contribution < -0.4 is 40.4 Å². The van der Waals surface area contributed by atoms with E-state index in [9.17, 15) is 63.3 Å². The van der Waals surface area contributed by atoms with E-state index in [0.29, 0.717) is 74.6 Å². The van der Waals surface area contributed by atoms with Gasteiger partial charge in [0, 0.05) is 87.1 Å². The minimum absolute atomic E-state index is 0.0101. The monoisotopic (exact) mass is 1450 g/mol. The number of Topliss-reactive ketones (excluding diaryl/α,β-unsaturated/α-hetero) is 2. The van der Waals surface area contributed by atoms with E-state index >= 15 is 0 Å². The predicted molar refractivity (Wildman–Crippen MR) is 384 cm³/mol. The van der Waals surface area contributed by atoms with Gasteiger partial charge in [0.2, 0.25) is 17.7 Å². The molecule has 5 heterocycles. The van der Waals surface area contributed by atoms with Gasteiger partial charge < -0.3 is 65.2 Å². The van der Waals surface area contributed by atoms with Gasteiger partial charge in [0.15, 0.2) is 29.7 Å². The Bertz CT molecular complexity index is 3620. The second-order valence-corrected chi connectivity index (χ2v) is 30.8. The molecule has 1 saturated carbocycles. The van der Waals surface area contributed by atoms with E-state index in [2.05, 4.69) is 30.7 Å². The molecule has 7 N–H and O–H groups in total. The van der Waals surface area contributed by atoms with Gasteiger partial charge in [-0.2, -0.15) is 0 Å². The van der Waals surface area contributed by atoms with Gasteiger partial charge in [0.05, 0.1) is 72.3 Å². The smallest absolute Gasteiger partial charge is 0.416 e. The number of ether oxygens (including phenoxy) is 5. The van der Waals surface area contributed by atoms with Crippen molar-refractivity contribution >= 4 is 92.3 Å². The molecule has 1 aliphatic carbocycles. The summed E-state index contributed by atoms with van der Waals surface area (Å²) in [7, 11) is 4.90. The summed E-state index contributed by atoms with van der Waals surface area (Å²) in [5.41, 5.74) is 8.28. The Balaban J connectivity index is 0.812. The molecular formula is C74H98N8O18S2. The van der Waals surface area contributed by atoms with Crippen molar-refractivity contribution in [2.75, 3.05) is 68.7 Å². The highest BCUT2D eigenvalue weighted by Crippen LogP contribution is 2.49. The zero-order valence-electron chi connectivity index (χ0n) is 59.0. The number of hydrogen-bond donors (Lipinski definition) is 6. The molecule has 4 fully saturated rings. The molecule has 3 saturated heterocycles. The third kappa shape index (κ3) is 19.0. The number of hydrogen-bond acceptors (Lipinski definition) is 20. The van der Waals surface area contributed by atoms with Crippen molar-refractivity contribution in [2.24, 2.45) is 23.5 Å². The number of methoxy groups -OCH3 is 1. The number of nitrogens with one attached hydrogen (secondary N) is 2. The lowest BCUT2D eigenvalue weighted by molar-refractivity contribution is -0.139. The second-order valence-electron chi connectivity index (χ2n) is 27.7. The largest absolute Gasteiger partial charge is 0.493 e. The topological polar surface area (TPSA) is 344 Å². The molecule has 9 rings (SSSR count). The van der Waals surface area contributed by atoms with Crippen LogP contribution in [0.15, 0.2) is 72.8 Å². The van der Waals surface area contributed by atoms with Gasteiger partial charge in [-0.15, -0.1) is 0 Å². The molecule has 0 spiro atoms. The van der Waals surface area contributed by atoms with Gasteiger partial charge in [0.25, 0.3) is 11.8 Å². The fourth-order valence-corrected chi connectivity index (χ4v) is 16.8. The molecule has 0 bridgehead atoms. The molecule has 26 nitrogen and oxygen atoms in total. The maximum Gasteiger partial charge on any atom is 0.416 e. The number of imide groups is 1. The van der Waals surface area contributed by atoms with Crippen LogP contribution in [0.5, 0.6) is 17.2 Å². The van der Waals surface area contributed by atoms with Gasteiger partial charge in [-0.25, -0.2) is 24.2 Å². The summed E-state index contributed by atoms with van der Waals surface area (Å²) in [4.78, 5) is 141. The summed E-state index contributed by atoms with van der Waals surface area (Å²) in [5.74, 6) is -1.99. The molecular weight excluding hydrogens is 1350 g/mol. The standard InChI is InChI=1S/C74H98N8O18S2/c1-8-101-102-74(24-12-13-25-74)43-100-73(95)82-57-38-63(62(96-7)36-54(57)68(90)80-40-46(5)31-59(80)70(82)92)98-29-16-10-15-28-97-61-37-56-53(34-50(61)41-83)67(89)79-39-45(4)30-58(79)69(91)81(56)72(94)99-42-49-22-20-48(21-23-49)33-60(85)55(19-17-26-76-71(75)93)77-65(87)52(44(2)3)35-51(84)18-11-9-14-27-78-64(86)32-47(6)66(78)88/h20-23,34,36-38,44,47,52,55,58-59,69-70,83,91-92H,4-5,8-19,24-33,35,39-43H2,1-3,6-7H3,(H,77,87)(H3,75,76,93)/t47?,52-,55-,58-,59-,69?,70?/m0/s1. The number of rotatable bonds is 35. The summed E-state index contributed by atoms with van der Waals surface area (Å²) in [5, 5.41) is 40.1. The first-order valence-electron chi connectivity index (χ1n) is 35.5. The number of unbranched alkanes of at least 4 members (excludes halogenated alkanes) is 4. The Kier molecular flexibility index (Phi) is 27.4. The number of fused-ring (bicyclic) bond motifs is 4. The lowest BCUT2D eigenvalue weighted by Crippen LogP contribution is -2.51. The van der Waals surface area contributed by atoms with E-state index in [0.717, 1.165) is 46.8 Å². The summed E-state index contributed by atoms with van der Waals surface area (Å²) in [6.45, 7) is 16.0. The van der Waals surface area contributed by atoms with Gasteiger partial charge >= 0.3 is 18.2 Å². The maximum absolute atomic E-state index is 14.5. The normalized spacial score (nSPS) is 20.5. The average Bonchev–Trinajstić information content (AvgIpc) is 1.69. The van der Waals surface area contributed by atoms with Crippen LogP contribution in [-0.2, 0) is 53.1 Å². The fraction of sp³-hybridized carbons (Fsp3) is 0.568. The lowest BCUT2D eigenvalue weighted by Gasteiger charge is -2.33. The summed E-state index contributed by atoms with van der Waals surface area (Å²) < 4.78 is 30.0. The third-order valence-corrected chi connectivity index (χ3v) is 23.1. The Morgan fingerprint density at radius 1 is 0.745 bits per heavy atom. The maximum atomic E-state index is 14.5. The first kappa shape index (κ1) is 78.0. The van der Waals surface area contributed by atoms with Crippen LogP contribution in [-0.4, -0.2) is 184 Å². The summed E-state index contributed by atoms with van der Waals surface area (Å²) >= 11 is 0. The van der Waals surface area contributed by atoms with Gasteiger partial charge in [-0.3, -0.25) is 38.5 Å². The molecule has 28 heteroatoms. The van der Waals surface area contributed by atoms with Crippen LogP contribution in [0.1, 0.15) is 174 Å². The van der Waals surface area contributed by atoms with Crippen LogP contribution >= 0.6 is 21.6 Å². The van der Waals surface area contributed by atoms with Crippen molar-refractivity contribution in [3.05, 3.63) is 101 Å². The van der Waals surface area contributed by atoms with Crippen molar-refractivity contribution in [2.45, 2.75) is 192 Å². The van der Waals surface area contributed by atoms with E-state index < -0.39 is 79.0 Å². The van der Waals surface area contributed by atoms with Gasteiger partial charge in [-0.05, 0) is 99.8 Å². The molecule has 102 heavy (non-hydrogen) atoms. The number of urea groups is 1. The predicted octanol–water partition coefficient (Wildman–Crippen LogP) is 9.05. The van der Waals surface area contributed by atoms with Gasteiger partial charge in [-0.1, -0.05) is 117 Å². The number of carbonyl (C=O) groups excluding carboxylic acids is 10. The van der Waals surface area contributed by atoms with E-state index in [1.54, 1.807) is 52.8 Å². The first-order chi connectivity index (χ1) is 48.8. The Morgan fingerprint density at radius 2 is 1.33 bits per heavy atom.